The predicted octanol–water partition coefficient (Wildman–Crippen LogP) is 1.18. The van der Waals surface area contributed by atoms with E-state index in [2.05, 4.69) is 0 Å². The minimum Gasteiger partial charge on any atom is -0.381 e. The maximum atomic E-state index is 5.07. The Kier molecular flexibility index (Phi) is 6.00. The molecule has 0 amide bonds. The molecule has 0 bridgehead atoms. The summed E-state index contributed by atoms with van der Waals surface area (Å²) < 4.78 is 5.07. The third kappa shape index (κ3) is 3.63. The summed E-state index contributed by atoms with van der Waals surface area (Å²) in [6, 6.07) is 0. The SMILES string of the molecule is C1CCOCC1.[Y]. The fraction of sp³-hybridized carbons (Fsp3) is 1.00. The van der Waals surface area contributed by atoms with Gasteiger partial charge in [0.25, 0.3) is 0 Å². The normalized spacial score (nSPS) is 20.6. The minimum absolute atomic E-state index is 0. The maximum Gasteiger partial charge on any atom is 0.0466 e. The first-order valence-corrected chi connectivity index (χ1v) is 2.58. The van der Waals surface area contributed by atoms with Crippen molar-refractivity contribution in [3.63, 3.8) is 0 Å². The Balaban J connectivity index is 0.000000360. The van der Waals surface area contributed by atoms with Crippen molar-refractivity contribution < 1.29 is 37.4 Å². The second kappa shape index (κ2) is 5.21. The van der Waals surface area contributed by atoms with Gasteiger partial charge in [-0.25, -0.2) is 0 Å². The molecule has 0 spiro atoms. The molecule has 1 nitrogen and oxygen atoms in total. The molecule has 7 heavy (non-hydrogen) atoms. The summed E-state index contributed by atoms with van der Waals surface area (Å²) in [6.45, 7) is 2.00. The molecule has 1 heterocycles. The quantitative estimate of drug-likeness (QED) is 0.537. The molecule has 1 aliphatic rings. The van der Waals surface area contributed by atoms with E-state index < -0.39 is 0 Å². The summed E-state index contributed by atoms with van der Waals surface area (Å²) in [5.41, 5.74) is 0. The van der Waals surface area contributed by atoms with Crippen LogP contribution in [0.3, 0.4) is 0 Å². The van der Waals surface area contributed by atoms with Gasteiger partial charge in [0.2, 0.25) is 0 Å². The van der Waals surface area contributed by atoms with Crippen molar-refractivity contribution in [2.75, 3.05) is 13.2 Å². The minimum atomic E-state index is 0. The molecule has 0 aromatic rings. The van der Waals surface area contributed by atoms with Crippen LogP contribution in [0.4, 0.5) is 0 Å². The van der Waals surface area contributed by atoms with E-state index in [1.54, 1.807) is 0 Å². The van der Waals surface area contributed by atoms with E-state index in [0.717, 1.165) is 13.2 Å². The van der Waals surface area contributed by atoms with Crippen molar-refractivity contribution in [2.24, 2.45) is 0 Å². The summed E-state index contributed by atoms with van der Waals surface area (Å²) in [4.78, 5) is 0. The molecule has 0 aromatic carbocycles. The Labute approximate surface area is 69.7 Å². The summed E-state index contributed by atoms with van der Waals surface area (Å²) in [7, 11) is 0. The van der Waals surface area contributed by atoms with Crippen molar-refractivity contribution >= 4 is 0 Å². The molecule has 0 saturated carbocycles. The van der Waals surface area contributed by atoms with Crippen LogP contribution in [-0.4, -0.2) is 13.2 Å². The van der Waals surface area contributed by atoms with Crippen LogP contribution in [0.25, 0.3) is 0 Å². The molecule has 1 aliphatic heterocycles. The maximum absolute atomic E-state index is 5.07. The van der Waals surface area contributed by atoms with E-state index in [-0.39, 0.29) is 32.7 Å². The van der Waals surface area contributed by atoms with Gasteiger partial charge in [-0.05, 0) is 19.3 Å². The molecular weight excluding hydrogens is 165 g/mol. The van der Waals surface area contributed by atoms with Gasteiger partial charge in [0.05, 0.1) is 0 Å². The molecule has 0 aromatic heterocycles. The smallest absolute Gasteiger partial charge is 0.0466 e. The molecule has 2 heteroatoms. The van der Waals surface area contributed by atoms with E-state index in [1.165, 1.54) is 19.3 Å². The van der Waals surface area contributed by atoms with E-state index in [9.17, 15) is 0 Å². The average Bonchev–Trinajstić information content (AvgIpc) is 1.72. The molecule has 0 N–H and O–H groups in total. The third-order valence-electron chi connectivity index (χ3n) is 1.08. The first-order valence-electron chi connectivity index (χ1n) is 2.58. The fourth-order valence-corrected chi connectivity index (χ4v) is 0.687. The van der Waals surface area contributed by atoms with Gasteiger partial charge >= 0.3 is 0 Å². The molecule has 1 rings (SSSR count). The molecule has 39 valence electrons. The van der Waals surface area contributed by atoms with Crippen LogP contribution in [0, 0.1) is 0 Å². The number of ether oxygens (including phenoxy) is 1. The third-order valence-corrected chi connectivity index (χ3v) is 1.08. The standard InChI is InChI=1S/C5H10O.Y/c1-2-4-6-5-3-1;/h1-5H2;. The second-order valence-corrected chi connectivity index (χ2v) is 1.67. The van der Waals surface area contributed by atoms with Gasteiger partial charge in [-0.15, -0.1) is 0 Å². The van der Waals surface area contributed by atoms with E-state index in [1.807, 2.05) is 0 Å². The summed E-state index contributed by atoms with van der Waals surface area (Å²) in [6.07, 6.45) is 3.93. The molecule has 0 unspecified atom stereocenters. The van der Waals surface area contributed by atoms with Gasteiger partial charge in [0.15, 0.2) is 0 Å². The van der Waals surface area contributed by atoms with Crippen molar-refractivity contribution in [3.8, 4) is 0 Å². The number of hydrogen-bond donors (Lipinski definition) is 0. The zero-order valence-electron chi connectivity index (χ0n) is 4.52. The Morgan fingerprint density at radius 3 is 1.57 bits per heavy atom. The Bertz CT molecular complexity index is 23.6. The number of hydrogen-bond acceptors (Lipinski definition) is 1. The first-order chi connectivity index (χ1) is 3.00. The molecular formula is C5H10OY. The second-order valence-electron chi connectivity index (χ2n) is 1.67. The van der Waals surface area contributed by atoms with E-state index in [0.29, 0.717) is 0 Å². The zero-order chi connectivity index (χ0) is 4.24. The van der Waals surface area contributed by atoms with Crippen LogP contribution in [0.5, 0.6) is 0 Å². The topological polar surface area (TPSA) is 9.23 Å². The van der Waals surface area contributed by atoms with Gasteiger partial charge in [-0.3, -0.25) is 0 Å². The predicted molar refractivity (Wildman–Crippen MR) is 24.7 cm³/mol. The summed E-state index contributed by atoms with van der Waals surface area (Å²) in [5.74, 6) is 0. The Morgan fingerprint density at radius 1 is 0.857 bits per heavy atom. The molecule has 1 fully saturated rings. The average molecular weight is 175 g/mol. The van der Waals surface area contributed by atoms with Crippen LogP contribution < -0.4 is 0 Å². The Hall–Kier alpha value is 1.06. The van der Waals surface area contributed by atoms with Gasteiger partial charge in [-0.1, -0.05) is 0 Å². The van der Waals surface area contributed by atoms with Gasteiger partial charge in [0, 0.05) is 45.9 Å². The van der Waals surface area contributed by atoms with Crippen LogP contribution >= 0.6 is 0 Å². The van der Waals surface area contributed by atoms with Gasteiger partial charge < -0.3 is 4.74 Å². The van der Waals surface area contributed by atoms with Gasteiger partial charge in [-0.2, -0.15) is 0 Å². The molecule has 0 atom stereocenters. The van der Waals surface area contributed by atoms with Crippen LogP contribution in [0.15, 0.2) is 0 Å². The molecule has 1 radical (unpaired) electrons. The largest absolute Gasteiger partial charge is 0.381 e. The number of rotatable bonds is 0. The van der Waals surface area contributed by atoms with Crippen LogP contribution in [0.2, 0.25) is 0 Å². The van der Waals surface area contributed by atoms with Crippen LogP contribution in [0.1, 0.15) is 19.3 Å². The van der Waals surface area contributed by atoms with E-state index in [4.69, 9.17) is 4.74 Å². The zero-order valence-corrected chi connectivity index (χ0v) is 7.36. The summed E-state index contributed by atoms with van der Waals surface area (Å²) in [5, 5.41) is 0. The van der Waals surface area contributed by atoms with Crippen molar-refractivity contribution in [1.29, 1.82) is 0 Å². The van der Waals surface area contributed by atoms with Crippen molar-refractivity contribution in [1.82, 2.24) is 0 Å². The van der Waals surface area contributed by atoms with Crippen LogP contribution in [-0.2, 0) is 37.4 Å². The molecule has 1 saturated heterocycles. The van der Waals surface area contributed by atoms with Crippen molar-refractivity contribution in [3.05, 3.63) is 0 Å². The molecule has 0 aliphatic carbocycles. The summed E-state index contributed by atoms with van der Waals surface area (Å²) >= 11 is 0. The monoisotopic (exact) mass is 175 g/mol. The fourth-order valence-electron chi connectivity index (χ4n) is 0.687. The van der Waals surface area contributed by atoms with Gasteiger partial charge in [0.1, 0.15) is 0 Å². The van der Waals surface area contributed by atoms with Crippen molar-refractivity contribution in [2.45, 2.75) is 19.3 Å². The first kappa shape index (κ1) is 8.06. The Morgan fingerprint density at radius 2 is 1.43 bits per heavy atom. The van der Waals surface area contributed by atoms with E-state index >= 15 is 0 Å².